The van der Waals surface area contributed by atoms with Crippen LogP contribution in [-0.2, 0) is 11.2 Å². The second-order valence-electron chi connectivity index (χ2n) is 7.18. The molecule has 2 heterocycles. The highest BCUT2D eigenvalue weighted by Crippen LogP contribution is 2.27. The molecule has 1 N–H and O–H groups in total. The van der Waals surface area contributed by atoms with Gasteiger partial charge < -0.3 is 5.32 Å². The fourth-order valence-electron chi connectivity index (χ4n) is 3.58. The van der Waals surface area contributed by atoms with E-state index in [0.717, 1.165) is 34.6 Å². The molecule has 4 rings (SSSR count). The average Bonchev–Trinajstić information content (AvgIpc) is 2.93. The van der Waals surface area contributed by atoms with Gasteiger partial charge in [-0.2, -0.15) is 0 Å². The van der Waals surface area contributed by atoms with Crippen LogP contribution in [0.5, 0.6) is 0 Å². The number of aryl methyl sites for hydroxylation is 1. The standard InChI is InChI=1S/C22H20N4O3/c1-13-10-15(20-16(11-13)21(28)26(2)22(20)29)12-19(27)23-18-9-8-17(24-25-18)14-6-4-3-5-7-14/h4,6-11H,3,5,12H2,1-2H3,(H,23,25,27). The van der Waals surface area contributed by atoms with E-state index in [4.69, 9.17) is 0 Å². The van der Waals surface area contributed by atoms with Crippen LogP contribution in [0.4, 0.5) is 5.82 Å². The molecule has 0 fully saturated rings. The molecule has 29 heavy (non-hydrogen) atoms. The Morgan fingerprint density at radius 1 is 1.14 bits per heavy atom. The molecule has 1 aromatic heterocycles. The van der Waals surface area contributed by atoms with Crippen molar-refractivity contribution in [3.8, 4) is 0 Å². The van der Waals surface area contributed by atoms with Gasteiger partial charge in [-0.05, 0) is 54.7 Å². The maximum atomic E-state index is 12.5. The smallest absolute Gasteiger partial charge is 0.261 e. The lowest BCUT2D eigenvalue weighted by Crippen LogP contribution is -2.25. The van der Waals surface area contributed by atoms with Crippen molar-refractivity contribution in [1.29, 1.82) is 0 Å². The zero-order valence-corrected chi connectivity index (χ0v) is 16.2. The molecule has 146 valence electrons. The van der Waals surface area contributed by atoms with Crippen LogP contribution in [-0.4, -0.2) is 39.9 Å². The summed E-state index contributed by atoms with van der Waals surface area (Å²) in [4.78, 5) is 38.2. The monoisotopic (exact) mass is 388 g/mol. The molecule has 0 saturated carbocycles. The van der Waals surface area contributed by atoms with Crippen molar-refractivity contribution in [3.05, 3.63) is 70.4 Å². The van der Waals surface area contributed by atoms with Gasteiger partial charge in [0, 0.05) is 7.05 Å². The maximum Gasteiger partial charge on any atom is 0.261 e. The molecule has 3 amide bonds. The second kappa shape index (κ2) is 7.43. The largest absolute Gasteiger partial charge is 0.309 e. The zero-order valence-electron chi connectivity index (χ0n) is 16.2. The van der Waals surface area contributed by atoms with Crippen molar-refractivity contribution in [2.75, 3.05) is 12.4 Å². The summed E-state index contributed by atoms with van der Waals surface area (Å²) in [7, 11) is 1.44. The molecule has 0 spiro atoms. The molecule has 2 aliphatic rings. The Hall–Kier alpha value is -3.61. The van der Waals surface area contributed by atoms with E-state index in [1.165, 1.54) is 7.05 Å². The van der Waals surface area contributed by atoms with Crippen LogP contribution in [0, 0.1) is 6.92 Å². The number of hydrogen-bond acceptors (Lipinski definition) is 5. The third-order valence-corrected chi connectivity index (χ3v) is 4.99. The van der Waals surface area contributed by atoms with E-state index in [0.29, 0.717) is 22.5 Å². The van der Waals surface area contributed by atoms with Gasteiger partial charge in [0.15, 0.2) is 5.82 Å². The van der Waals surface area contributed by atoms with Gasteiger partial charge in [0.1, 0.15) is 0 Å². The molecule has 7 nitrogen and oxygen atoms in total. The van der Waals surface area contributed by atoms with E-state index in [9.17, 15) is 14.4 Å². The zero-order chi connectivity index (χ0) is 20.5. The Balaban J connectivity index is 1.51. The summed E-state index contributed by atoms with van der Waals surface area (Å²) in [6.45, 7) is 1.83. The summed E-state index contributed by atoms with van der Waals surface area (Å²) in [5.41, 5.74) is 3.77. The van der Waals surface area contributed by atoms with E-state index >= 15 is 0 Å². The Labute approximate surface area is 168 Å². The van der Waals surface area contributed by atoms with E-state index < -0.39 is 0 Å². The SMILES string of the molecule is Cc1cc(CC(=O)Nc2ccc(C3=CCCC=C3)nn2)c2c(c1)C(=O)N(C)C2=O. The number of imide groups is 1. The van der Waals surface area contributed by atoms with Crippen LogP contribution < -0.4 is 5.32 Å². The molecule has 0 bridgehead atoms. The molecule has 0 radical (unpaired) electrons. The summed E-state index contributed by atoms with van der Waals surface area (Å²) in [5, 5.41) is 11.0. The minimum Gasteiger partial charge on any atom is -0.309 e. The van der Waals surface area contributed by atoms with Crippen LogP contribution in [0.25, 0.3) is 5.57 Å². The lowest BCUT2D eigenvalue weighted by Gasteiger charge is -2.09. The van der Waals surface area contributed by atoms with Crippen LogP contribution in [0.1, 0.15) is 50.4 Å². The van der Waals surface area contributed by atoms with Gasteiger partial charge >= 0.3 is 0 Å². The second-order valence-corrected chi connectivity index (χ2v) is 7.18. The van der Waals surface area contributed by atoms with Crippen LogP contribution >= 0.6 is 0 Å². The number of carbonyl (C=O) groups excluding carboxylic acids is 3. The number of benzene rings is 1. The van der Waals surface area contributed by atoms with Gasteiger partial charge in [-0.1, -0.05) is 24.3 Å². The normalized spacial score (nSPS) is 15.4. The van der Waals surface area contributed by atoms with Crippen molar-refractivity contribution in [2.24, 2.45) is 0 Å². The molecule has 2 aromatic rings. The number of nitrogens with zero attached hydrogens (tertiary/aromatic N) is 3. The van der Waals surface area contributed by atoms with Crippen molar-refractivity contribution in [3.63, 3.8) is 0 Å². The predicted octanol–water partition coefficient (Wildman–Crippen LogP) is 2.93. The molecule has 0 saturated heterocycles. The topological polar surface area (TPSA) is 92.3 Å². The Morgan fingerprint density at radius 3 is 2.66 bits per heavy atom. The quantitative estimate of drug-likeness (QED) is 0.813. The molecular weight excluding hydrogens is 368 g/mol. The van der Waals surface area contributed by atoms with Crippen molar-refractivity contribution >= 4 is 29.1 Å². The van der Waals surface area contributed by atoms with Gasteiger partial charge in [-0.25, -0.2) is 0 Å². The molecule has 0 atom stereocenters. The summed E-state index contributed by atoms with van der Waals surface area (Å²) in [6.07, 6.45) is 8.18. The minimum absolute atomic E-state index is 0.0335. The van der Waals surface area contributed by atoms with Crippen molar-refractivity contribution in [2.45, 2.75) is 26.2 Å². The van der Waals surface area contributed by atoms with Gasteiger partial charge in [0.25, 0.3) is 11.8 Å². The number of aromatic nitrogens is 2. The molecular formula is C22H20N4O3. The van der Waals surface area contributed by atoms with Crippen LogP contribution in [0.3, 0.4) is 0 Å². The molecule has 7 heteroatoms. The highest BCUT2D eigenvalue weighted by molar-refractivity contribution is 6.22. The van der Waals surface area contributed by atoms with Crippen LogP contribution in [0.2, 0.25) is 0 Å². The van der Waals surface area contributed by atoms with Gasteiger partial charge in [0.05, 0.1) is 23.2 Å². The number of carbonyl (C=O) groups is 3. The van der Waals surface area contributed by atoms with Crippen molar-refractivity contribution in [1.82, 2.24) is 15.1 Å². The highest BCUT2D eigenvalue weighted by atomic mass is 16.2. The lowest BCUT2D eigenvalue weighted by atomic mass is 9.97. The Bertz CT molecular complexity index is 1080. The van der Waals surface area contributed by atoms with E-state index in [1.54, 1.807) is 18.2 Å². The van der Waals surface area contributed by atoms with E-state index in [-0.39, 0.29) is 24.1 Å². The summed E-state index contributed by atoms with van der Waals surface area (Å²) >= 11 is 0. The summed E-state index contributed by atoms with van der Waals surface area (Å²) in [5.74, 6) is -0.719. The molecule has 0 unspecified atom stereocenters. The van der Waals surface area contributed by atoms with Gasteiger partial charge in [-0.3, -0.25) is 19.3 Å². The number of amides is 3. The van der Waals surface area contributed by atoms with E-state index in [1.807, 2.05) is 19.1 Å². The average molecular weight is 388 g/mol. The number of nitrogens with one attached hydrogen (secondary N) is 1. The molecule has 1 aromatic carbocycles. The number of anilines is 1. The first-order valence-electron chi connectivity index (χ1n) is 9.40. The first kappa shape index (κ1) is 18.7. The number of rotatable bonds is 4. The third-order valence-electron chi connectivity index (χ3n) is 4.99. The number of hydrogen-bond donors (Lipinski definition) is 1. The predicted molar refractivity (Wildman–Crippen MR) is 108 cm³/mol. The molecule has 1 aliphatic carbocycles. The summed E-state index contributed by atoms with van der Waals surface area (Å²) < 4.78 is 0. The fraction of sp³-hybridized carbons (Fsp3) is 0.227. The van der Waals surface area contributed by atoms with Gasteiger partial charge in [-0.15, -0.1) is 10.2 Å². The number of allylic oxidation sites excluding steroid dienone is 4. The fourth-order valence-corrected chi connectivity index (χ4v) is 3.58. The third kappa shape index (κ3) is 3.59. The summed E-state index contributed by atoms with van der Waals surface area (Å²) in [6, 6.07) is 6.96. The van der Waals surface area contributed by atoms with E-state index in [2.05, 4.69) is 27.7 Å². The van der Waals surface area contributed by atoms with Crippen molar-refractivity contribution < 1.29 is 14.4 Å². The Kier molecular flexibility index (Phi) is 4.80. The first-order valence-corrected chi connectivity index (χ1v) is 9.40. The lowest BCUT2D eigenvalue weighted by molar-refractivity contribution is -0.115. The first-order chi connectivity index (χ1) is 13.9. The molecule has 1 aliphatic heterocycles. The van der Waals surface area contributed by atoms with Gasteiger partial charge in [0.2, 0.25) is 5.91 Å². The maximum absolute atomic E-state index is 12.5. The highest BCUT2D eigenvalue weighted by Gasteiger charge is 2.35. The Morgan fingerprint density at radius 2 is 1.97 bits per heavy atom. The van der Waals surface area contributed by atoms with Crippen LogP contribution in [0.15, 0.2) is 42.5 Å². The minimum atomic E-state index is -0.384. The number of fused-ring (bicyclic) bond motifs is 1.